The van der Waals surface area contributed by atoms with Crippen molar-refractivity contribution in [1.82, 2.24) is 24.8 Å². The molecule has 1 aliphatic rings. The van der Waals surface area contributed by atoms with Crippen LogP contribution in [0, 0.1) is 19.7 Å². The van der Waals surface area contributed by atoms with Crippen molar-refractivity contribution in [1.29, 1.82) is 0 Å². The van der Waals surface area contributed by atoms with Crippen molar-refractivity contribution in [3.63, 3.8) is 0 Å². The molecule has 1 fully saturated rings. The zero-order chi connectivity index (χ0) is 21.1. The Morgan fingerprint density at radius 1 is 1.03 bits per heavy atom. The van der Waals surface area contributed by atoms with E-state index >= 15 is 0 Å². The number of carbonyl (C=O) groups is 1. The summed E-state index contributed by atoms with van der Waals surface area (Å²) in [7, 11) is 0. The Morgan fingerprint density at radius 3 is 2.57 bits per heavy atom. The number of amides is 1. The van der Waals surface area contributed by atoms with Gasteiger partial charge in [-0.05, 0) is 37.6 Å². The zero-order valence-corrected chi connectivity index (χ0v) is 16.8. The van der Waals surface area contributed by atoms with E-state index in [-0.39, 0.29) is 11.5 Å². The summed E-state index contributed by atoms with van der Waals surface area (Å²) in [5.74, 6) is 1.87. The van der Waals surface area contributed by atoms with Crippen LogP contribution in [0.2, 0.25) is 0 Å². The predicted octanol–water partition coefficient (Wildman–Crippen LogP) is 2.73. The van der Waals surface area contributed by atoms with E-state index in [0.717, 1.165) is 17.6 Å². The SMILES string of the molecule is Cc1ccnc(Nc2cc(N3CCN(C(=O)c4ccncc4F)CC3)nc(C)n2)c1. The van der Waals surface area contributed by atoms with Gasteiger partial charge < -0.3 is 15.1 Å². The zero-order valence-electron chi connectivity index (χ0n) is 16.8. The van der Waals surface area contributed by atoms with E-state index in [1.807, 2.05) is 32.0 Å². The smallest absolute Gasteiger partial charge is 0.257 e. The van der Waals surface area contributed by atoms with Crippen molar-refractivity contribution in [3.8, 4) is 0 Å². The number of hydrogen-bond donors (Lipinski definition) is 1. The molecule has 0 spiro atoms. The van der Waals surface area contributed by atoms with Crippen LogP contribution < -0.4 is 10.2 Å². The number of hydrogen-bond acceptors (Lipinski definition) is 7. The van der Waals surface area contributed by atoms with Gasteiger partial charge >= 0.3 is 0 Å². The van der Waals surface area contributed by atoms with E-state index < -0.39 is 5.82 Å². The summed E-state index contributed by atoms with van der Waals surface area (Å²) in [5.41, 5.74) is 1.15. The first kappa shape index (κ1) is 19.7. The molecule has 30 heavy (non-hydrogen) atoms. The average Bonchev–Trinajstić information content (AvgIpc) is 2.73. The quantitative estimate of drug-likeness (QED) is 0.712. The lowest BCUT2D eigenvalue weighted by Gasteiger charge is -2.35. The molecule has 0 radical (unpaired) electrons. The van der Waals surface area contributed by atoms with Gasteiger partial charge in [0.05, 0.1) is 11.8 Å². The molecule has 1 N–H and O–H groups in total. The van der Waals surface area contributed by atoms with Crippen LogP contribution in [0.1, 0.15) is 21.7 Å². The van der Waals surface area contributed by atoms with E-state index in [0.29, 0.717) is 43.6 Å². The molecule has 1 saturated heterocycles. The van der Waals surface area contributed by atoms with Crippen molar-refractivity contribution >= 4 is 23.4 Å². The van der Waals surface area contributed by atoms with Crippen LogP contribution in [-0.4, -0.2) is 56.9 Å². The maximum atomic E-state index is 13.9. The number of rotatable bonds is 4. The highest BCUT2D eigenvalue weighted by Gasteiger charge is 2.25. The number of pyridine rings is 2. The van der Waals surface area contributed by atoms with Gasteiger partial charge in [-0.25, -0.2) is 19.3 Å². The summed E-state index contributed by atoms with van der Waals surface area (Å²) >= 11 is 0. The summed E-state index contributed by atoms with van der Waals surface area (Å²) in [6.07, 6.45) is 4.23. The first-order valence-electron chi connectivity index (χ1n) is 9.69. The van der Waals surface area contributed by atoms with Crippen molar-refractivity contribution in [3.05, 3.63) is 65.6 Å². The molecular formula is C21H22FN7O. The lowest BCUT2D eigenvalue weighted by Crippen LogP contribution is -2.49. The lowest BCUT2D eigenvalue weighted by molar-refractivity contribution is 0.0741. The van der Waals surface area contributed by atoms with Gasteiger partial charge in [0, 0.05) is 44.6 Å². The second kappa shape index (κ2) is 8.40. The van der Waals surface area contributed by atoms with Gasteiger partial charge in [-0.1, -0.05) is 0 Å². The van der Waals surface area contributed by atoms with Crippen molar-refractivity contribution in [2.45, 2.75) is 13.8 Å². The summed E-state index contributed by atoms with van der Waals surface area (Å²) in [5, 5.41) is 3.22. The molecule has 8 nitrogen and oxygen atoms in total. The van der Waals surface area contributed by atoms with Gasteiger partial charge in [-0.2, -0.15) is 0 Å². The molecule has 0 saturated carbocycles. The number of aryl methyl sites for hydroxylation is 2. The van der Waals surface area contributed by atoms with Gasteiger partial charge in [0.15, 0.2) is 5.82 Å². The van der Waals surface area contributed by atoms with Crippen molar-refractivity contribution < 1.29 is 9.18 Å². The number of halogens is 1. The first-order valence-corrected chi connectivity index (χ1v) is 9.69. The minimum Gasteiger partial charge on any atom is -0.353 e. The number of piperazine rings is 1. The molecule has 4 rings (SSSR count). The van der Waals surface area contributed by atoms with Gasteiger partial charge in [-0.3, -0.25) is 9.78 Å². The number of nitrogens with zero attached hydrogens (tertiary/aromatic N) is 6. The number of nitrogens with one attached hydrogen (secondary N) is 1. The van der Waals surface area contributed by atoms with E-state index in [2.05, 4.69) is 30.2 Å². The van der Waals surface area contributed by atoms with E-state index in [9.17, 15) is 9.18 Å². The molecule has 1 amide bonds. The third kappa shape index (κ3) is 4.35. The Labute approximate surface area is 173 Å². The normalized spacial score (nSPS) is 14.0. The highest BCUT2D eigenvalue weighted by Crippen LogP contribution is 2.21. The van der Waals surface area contributed by atoms with Crippen LogP contribution in [0.4, 0.5) is 21.8 Å². The molecule has 9 heteroatoms. The summed E-state index contributed by atoms with van der Waals surface area (Å²) in [6.45, 7) is 5.98. The number of anilines is 3. The van der Waals surface area contributed by atoms with Crippen LogP contribution in [0.15, 0.2) is 42.9 Å². The van der Waals surface area contributed by atoms with Crippen LogP contribution >= 0.6 is 0 Å². The van der Waals surface area contributed by atoms with Gasteiger partial charge in [0.2, 0.25) is 0 Å². The fraction of sp³-hybridized carbons (Fsp3) is 0.286. The highest BCUT2D eigenvalue weighted by molar-refractivity contribution is 5.94. The van der Waals surface area contributed by atoms with E-state index in [1.165, 1.54) is 12.3 Å². The molecule has 0 aliphatic carbocycles. The highest BCUT2D eigenvalue weighted by atomic mass is 19.1. The fourth-order valence-corrected chi connectivity index (χ4v) is 3.37. The minimum absolute atomic E-state index is 0.0495. The molecular weight excluding hydrogens is 385 g/mol. The standard InChI is InChI=1S/C21H22FN7O/c1-14-3-6-24-18(11-14)27-19-12-20(26-15(2)25-19)28-7-9-29(10-8-28)21(30)16-4-5-23-13-17(16)22/h3-6,11-13H,7-10H2,1-2H3,(H,24,25,26,27). The lowest BCUT2D eigenvalue weighted by atomic mass is 10.2. The Hall–Kier alpha value is -3.62. The van der Waals surface area contributed by atoms with Crippen molar-refractivity contribution in [2.24, 2.45) is 0 Å². The van der Waals surface area contributed by atoms with E-state index in [1.54, 1.807) is 11.1 Å². The fourth-order valence-electron chi connectivity index (χ4n) is 3.37. The maximum absolute atomic E-state index is 13.9. The topological polar surface area (TPSA) is 87.1 Å². The third-order valence-corrected chi connectivity index (χ3v) is 4.89. The Morgan fingerprint density at radius 2 is 1.83 bits per heavy atom. The van der Waals surface area contributed by atoms with Crippen molar-refractivity contribution in [2.75, 3.05) is 36.4 Å². The molecule has 0 atom stereocenters. The Kier molecular flexibility index (Phi) is 5.51. The third-order valence-electron chi connectivity index (χ3n) is 4.89. The molecule has 3 aromatic rings. The van der Waals surface area contributed by atoms with Gasteiger partial charge in [0.25, 0.3) is 5.91 Å². The van der Waals surface area contributed by atoms with E-state index in [4.69, 9.17) is 0 Å². The van der Waals surface area contributed by atoms with Gasteiger partial charge in [-0.15, -0.1) is 0 Å². The molecule has 4 heterocycles. The summed E-state index contributed by atoms with van der Waals surface area (Å²) in [4.78, 5) is 33.3. The molecule has 0 unspecified atom stereocenters. The molecule has 154 valence electrons. The maximum Gasteiger partial charge on any atom is 0.257 e. The Bertz CT molecular complexity index is 1070. The summed E-state index contributed by atoms with van der Waals surface area (Å²) < 4.78 is 13.9. The largest absolute Gasteiger partial charge is 0.353 e. The molecule has 3 aromatic heterocycles. The molecule has 0 aromatic carbocycles. The van der Waals surface area contributed by atoms with Gasteiger partial charge in [0.1, 0.15) is 23.3 Å². The molecule has 1 aliphatic heterocycles. The molecule has 0 bridgehead atoms. The monoisotopic (exact) mass is 407 g/mol. The average molecular weight is 407 g/mol. The summed E-state index contributed by atoms with van der Waals surface area (Å²) in [6, 6.07) is 7.16. The van der Waals surface area contributed by atoms with Crippen LogP contribution in [-0.2, 0) is 0 Å². The van der Waals surface area contributed by atoms with Crippen LogP contribution in [0.3, 0.4) is 0 Å². The first-order chi connectivity index (χ1) is 14.5. The number of carbonyl (C=O) groups excluding carboxylic acids is 1. The predicted molar refractivity (Wildman–Crippen MR) is 111 cm³/mol. The van der Waals surface area contributed by atoms with Crippen LogP contribution in [0.5, 0.6) is 0 Å². The minimum atomic E-state index is -0.600. The number of aromatic nitrogens is 4. The van der Waals surface area contributed by atoms with Crippen LogP contribution in [0.25, 0.3) is 0 Å². The second-order valence-corrected chi connectivity index (χ2v) is 7.14. The Balaban J connectivity index is 1.45. The second-order valence-electron chi connectivity index (χ2n) is 7.14.